The number of carbonyl (C=O) groups is 1. The van der Waals surface area contributed by atoms with Crippen LogP contribution in [0.3, 0.4) is 0 Å². The fraction of sp³-hybridized carbons (Fsp3) is 0.250. The highest BCUT2D eigenvalue weighted by Gasteiger charge is 2.12. The Morgan fingerprint density at radius 3 is 2.58 bits per heavy atom. The number of nitrogens with zero attached hydrogens (tertiary/aromatic N) is 1. The van der Waals surface area contributed by atoms with Crippen molar-refractivity contribution in [3.63, 3.8) is 0 Å². The van der Waals surface area contributed by atoms with E-state index in [2.05, 4.69) is 30.4 Å². The number of nitrogens with one attached hydrogen (secondary N) is 1. The van der Waals surface area contributed by atoms with Crippen LogP contribution in [0, 0.1) is 0 Å². The summed E-state index contributed by atoms with van der Waals surface area (Å²) in [6.07, 6.45) is 2.83. The van der Waals surface area contributed by atoms with E-state index in [0.717, 1.165) is 23.9 Å². The quantitative estimate of drug-likeness (QED) is 0.700. The summed E-state index contributed by atoms with van der Waals surface area (Å²) in [6.45, 7) is 2.98. The van der Waals surface area contributed by atoms with Gasteiger partial charge in [-0.1, -0.05) is 48.5 Å². The molecule has 1 atom stereocenters. The van der Waals surface area contributed by atoms with E-state index < -0.39 is 5.97 Å². The van der Waals surface area contributed by atoms with Crippen molar-refractivity contribution < 1.29 is 9.90 Å². The fourth-order valence-electron chi connectivity index (χ4n) is 3.05. The highest BCUT2D eigenvalue weighted by Crippen LogP contribution is 2.22. The third-order valence-electron chi connectivity index (χ3n) is 4.20. The Morgan fingerprint density at radius 2 is 1.83 bits per heavy atom. The number of carboxylic acids is 1. The molecule has 0 bridgehead atoms. The predicted molar refractivity (Wildman–Crippen MR) is 96.0 cm³/mol. The second-order valence-corrected chi connectivity index (χ2v) is 6.16. The molecule has 0 saturated heterocycles. The van der Waals surface area contributed by atoms with Gasteiger partial charge in [0, 0.05) is 29.7 Å². The van der Waals surface area contributed by atoms with Gasteiger partial charge in [-0.15, -0.1) is 0 Å². The first-order valence-corrected chi connectivity index (χ1v) is 8.19. The maximum Gasteiger partial charge on any atom is 0.323 e. The van der Waals surface area contributed by atoms with Gasteiger partial charge in [-0.3, -0.25) is 4.79 Å². The van der Waals surface area contributed by atoms with E-state index in [4.69, 9.17) is 5.11 Å². The van der Waals surface area contributed by atoms with Gasteiger partial charge in [0.25, 0.3) is 0 Å². The van der Waals surface area contributed by atoms with E-state index >= 15 is 0 Å². The Morgan fingerprint density at radius 1 is 1.12 bits per heavy atom. The lowest BCUT2D eigenvalue weighted by Gasteiger charge is -2.13. The zero-order chi connectivity index (χ0) is 16.9. The summed E-state index contributed by atoms with van der Waals surface area (Å²) >= 11 is 0. The molecule has 24 heavy (non-hydrogen) atoms. The number of para-hydroxylation sites is 1. The Kier molecular flexibility index (Phi) is 4.96. The summed E-state index contributed by atoms with van der Waals surface area (Å²) in [5.74, 6) is -0.822. The van der Waals surface area contributed by atoms with Crippen molar-refractivity contribution in [3.8, 4) is 0 Å². The van der Waals surface area contributed by atoms with E-state index in [1.807, 2.05) is 47.2 Å². The molecular weight excluding hydrogens is 300 g/mol. The van der Waals surface area contributed by atoms with Gasteiger partial charge in [-0.2, -0.15) is 0 Å². The number of hydrogen-bond acceptors (Lipinski definition) is 2. The van der Waals surface area contributed by atoms with Crippen LogP contribution < -0.4 is 5.32 Å². The molecule has 124 valence electrons. The van der Waals surface area contributed by atoms with Gasteiger partial charge < -0.3 is 15.0 Å². The Balaban J connectivity index is 1.73. The van der Waals surface area contributed by atoms with Gasteiger partial charge in [0.1, 0.15) is 6.54 Å². The number of fused-ring (bicyclic) bond motifs is 1. The Bertz CT molecular complexity index is 824. The van der Waals surface area contributed by atoms with E-state index in [9.17, 15) is 4.79 Å². The van der Waals surface area contributed by atoms with Crippen molar-refractivity contribution in [3.05, 3.63) is 71.9 Å². The van der Waals surface area contributed by atoms with Crippen molar-refractivity contribution in [1.29, 1.82) is 0 Å². The normalized spacial score (nSPS) is 12.4. The zero-order valence-corrected chi connectivity index (χ0v) is 13.8. The summed E-state index contributed by atoms with van der Waals surface area (Å²) in [5, 5.41) is 13.8. The SMILES string of the molecule is CC(Cc1cn(CC(=O)O)c2ccccc12)NCc1ccccc1. The Hall–Kier alpha value is -2.59. The summed E-state index contributed by atoms with van der Waals surface area (Å²) in [6, 6.07) is 18.6. The number of carboxylic acid groups (broad SMARTS) is 1. The summed E-state index contributed by atoms with van der Waals surface area (Å²) in [4.78, 5) is 11.1. The molecule has 1 heterocycles. The van der Waals surface area contributed by atoms with Crippen LogP contribution in [0.25, 0.3) is 10.9 Å². The van der Waals surface area contributed by atoms with E-state index in [-0.39, 0.29) is 6.54 Å². The van der Waals surface area contributed by atoms with Crippen LogP contribution in [-0.2, 0) is 24.3 Å². The second kappa shape index (κ2) is 7.32. The smallest absolute Gasteiger partial charge is 0.323 e. The molecular formula is C20H22N2O2. The van der Waals surface area contributed by atoms with E-state index in [1.165, 1.54) is 11.1 Å². The first-order valence-electron chi connectivity index (χ1n) is 8.19. The molecule has 4 nitrogen and oxygen atoms in total. The van der Waals surface area contributed by atoms with Crippen LogP contribution in [0.15, 0.2) is 60.8 Å². The molecule has 0 amide bonds. The molecule has 0 fully saturated rings. The molecule has 4 heteroatoms. The number of aromatic nitrogens is 1. The molecule has 1 aromatic heterocycles. The van der Waals surface area contributed by atoms with Crippen LogP contribution >= 0.6 is 0 Å². The highest BCUT2D eigenvalue weighted by atomic mass is 16.4. The third-order valence-corrected chi connectivity index (χ3v) is 4.20. The first-order chi connectivity index (χ1) is 11.6. The molecule has 1 unspecified atom stereocenters. The van der Waals surface area contributed by atoms with Gasteiger partial charge in [0.15, 0.2) is 0 Å². The third kappa shape index (κ3) is 3.84. The van der Waals surface area contributed by atoms with Gasteiger partial charge >= 0.3 is 5.97 Å². The van der Waals surface area contributed by atoms with Crippen molar-refractivity contribution in [2.45, 2.75) is 32.5 Å². The minimum absolute atomic E-state index is 0.00760. The van der Waals surface area contributed by atoms with Crippen molar-refractivity contribution >= 4 is 16.9 Å². The predicted octanol–water partition coefficient (Wildman–Crippen LogP) is 3.45. The average molecular weight is 322 g/mol. The average Bonchev–Trinajstić information content (AvgIpc) is 2.91. The molecule has 3 aromatic rings. The van der Waals surface area contributed by atoms with Gasteiger partial charge in [-0.05, 0) is 30.5 Å². The maximum atomic E-state index is 11.1. The van der Waals surface area contributed by atoms with Crippen molar-refractivity contribution in [2.24, 2.45) is 0 Å². The largest absolute Gasteiger partial charge is 0.480 e. The zero-order valence-electron chi connectivity index (χ0n) is 13.8. The molecule has 2 aromatic carbocycles. The van der Waals surface area contributed by atoms with Crippen molar-refractivity contribution in [1.82, 2.24) is 9.88 Å². The van der Waals surface area contributed by atoms with Crippen LogP contribution in [0.5, 0.6) is 0 Å². The second-order valence-electron chi connectivity index (χ2n) is 6.16. The number of benzene rings is 2. The van der Waals surface area contributed by atoms with E-state index in [0.29, 0.717) is 6.04 Å². The monoisotopic (exact) mass is 322 g/mol. The molecule has 3 rings (SSSR count). The summed E-state index contributed by atoms with van der Waals surface area (Å²) in [7, 11) is 0. The number of hydrogen-bond donors (Lipinski definition) is 2. The molecule has 2 N–H and O–H groups in total. The highest BCUT2D eigenvalue weighted by molar-refractivity contribution is 5.85. The Labute approximate surface area is 141 Å². The lowest BCUT2D eigenvalue weighted by atomic mass is 10.1. The summed E-state index contributed by atoms with van der Waals surface area (Å²) in [5.41, 5.74) is 3.42. The van der Waals surface area contributed by atoms with E-state index in [1.54, 1.807) is 0 Å². The van der Waals surface area contributed by atoms with Gasteiger partial charge in [0.2, 0.25) is 0 Å². The first kappa shape index (κ1) is 16.3. The number of aliphatic carboxylic acids is 1. The molecule has 0 saturated carbocycles. The van der Waals surface area contributed by atoms with Crippen LogP contribution in [-0.4, -0.2) is 21.7 Å². The fourth-order valence-corrected chi connectivity index (χ4v) is 3.05. The molecule has 0 radical (unpaired) electrons. The topological polar surface area (TPSA) is 54.3 Å². The van der Waals surface area contributed by atoms with Gasteiger partial charge in [-0.25, -0.2) is 0 Å². The van der Waals surface area contributed by atoms with Gasteiger partial charge in [0.05, 0.1) is 0 Å². The lowest BCUT2D eigenvalue weighted by molar-refractivity contribution is -0.137. The molecule has 0 aliphatic carbocycles. The minimum atomic E-state index is -0.822. The van der Waals surface area contributed by atoms with Crippen LogP contribution in [0.2, 0.25) is 0 Å². The van der Waals surface area contributed by atoms with Crippen LogP contribution in [0.1, 0.15) is 18.1 Å². The molecule has 0 spiro atoms. The standard InChI is InChI=1S/C20H22N2O2/c1-15(21-12-16-7-3-2-4-8-16)11-17-13-22(14-20(23)24)19-10-6-5-9-18(17)19/h2-10,13,15,21H,11-12,14H2,1H3,(H,23,24). The maximum absolute atomic E-state index is 11.1. The molecule has 0 aliphatic heterocycles. The number of rotatable bonds is 7. The van der Waals surface area contributed by atoms with Crippen LogP contribution in [0.4, 0.5) is 0 Å². The summed E-state index contributed by atoms with van der Waals surface area (Å²) < 4.78 is 1.82. The van der Waals surface area contributed by atoms with Crippen molar-refractivity contribution in [2.75, 3.05) is 0 Å². The minimum Gasteiger partial charge on any atom is -0.480 e. The lowest BCUT2D eigenvalue weighted by Crippen LogP contribution is -2.27. The molecule has 0 aliphatic rings.